The molecular weight excluding hydrogens is 248 g/mol. The molecule has 0 bridgehead atoms. The Bertz CT molecular complexity index is 475. The van der Waals surface area contributed by atoms with E-state index in [4.69, 9.17) is 0 Å². The van der Waals surface area contributed by atoms with Crippen LogP contribution in [0.15, 0.2) is 18.2 Å². The van der Waals surface area contributed by atoms with Gasteiger partial charge in [0.1, 0.15) is 0 Å². The van der Waals surface area contributed by atoms with Crippen molar-refractivity contribution in [2.45, 2.75) is 32.7 Å². The molecule has 19 heavy (non-hydrogen) atoms. The molecule has 0 amide bonds. The third-order valence-electron chi connectivity index (χ3n) is 3.86. The van der Waals surface area contributed by atoms with Gasteiger partial charge in [0, 0.05) is 11.6 Å². The van der Waals surface area contributed by atoms with Crippen LogP contribution in [0.1, 0.15) is 37.0 Å². The molecule has 2 atom stereocenters. The first-order valence-corrected chi connectivity index (χ1v) is 6.69. The number of piperidine rings is 1. The zero-order chi connectivity index (χ0) is 14.0. The van der Waals surface area contributed by atoms with E-state index in [2.05, 4.69) is 18.7 Å². The van der Waals surface area contributed by atoms with Crippen LogP contribution < -0.4 is 0 Å². The van der Waals surface area contributed by atoms with Crippen molar-refractivity contribution in [3.63, 3.8) is 0 Å². The molecule has 104 valence electrons. The zero-order valence-corrected chi connectivity index (χ0v) is 11.3. The van der Waals surface area contributed by atoms with E-state index < -0.39 is 11.6 Å². The number of carbonyl (C=O) groups is 1. The van der Waals surface area contributed by atoms with Crippen LogP contribution in [0.3, 0.4) is 0 Å². The van der Waals surface area contributed by atoms with Gasteiger partial charge in [-0.3, -0.25) is 9.69 Å². The average Bonchev–Trinajstić information content (AvgIpc) is 2.36. The number of carbonyl (C=O) groups excluding carboxylic acids is 1. The Labute approximate surface area is 112 Å². The fourth-order valence-corrected chi connectivity index (χ4v) is 2.64. The Morgan fingerprint density at radius 2 is 2.05 bits per heavy atom. The molecule has 0 N–H and O–H groups in total. The number of hydrogen-bond acceptors (Lipinski definition) is 2. The molecule has 0 saturated carbocycles. The van der Waals surface area contributed by atoms with Crippen LogP contribution >= 0.6 is 0 Å². The molecule has 1 aromatic rings. The van der Waals surface area contributed by atoms with Gasteiger partial charge in [0.25, 0.3) is 0 Å². The second-order valence-corrected chi connectivity index (χ2v) is 5.50. The molecule has 1 aliphatic rings. The van der Waals surface area contributed by atoms with Crippen LogP contribution in [0, 0.1) is 17.6 Å². The van der Waals surface area contributed by atoms with Crippen LogP contribution in [0.25, 0.3) is 0 Å². The summed E-state index contributed by atoms with van der Waals surface area (Å²) >= 11 is 0. The number of Topliss-reactive ketones (excluding diaryl/α,β-unsaturated/α-hetero) is 1. The molecular formula is C15H19F2NO. The molecule has 1 fully saturated rings. The topological polar surface area (TPSA) is 20.3 Å². The van der Waals surface area contributed by atoms with Crippen molar-refractivity contribution >= 4 is 5.78 Å². The number of benzene rings is 1. The first-order valence-electron chi connectivity index (χ1n) is 6.69. The monoisotopic (exact) mass is 267 g/mol. The van der Waals surface area contributed by atoms with Gasteiger partial charge in [0.05, 0.1) is 6.54 Å². The highest BCUT2D eigenvalue weighted by molar-refractivity contribution is 5.97. The van der Waals surface area contributed by atoms with Crippen molar-refractivity contribution in [3.05, 3.63) is 35.4 Å². The molecule has 0 radical (unpaired) electrons. The van der Waals surface area contributed by atoms with E-state index in [-0.39, 0.29) is 17.9 Å². The molecule has 0 aromatic heterocycles. The quantitative estimate of drug-likeness (QED) is 0.783. The molecule has 1 saturated heterocycles. The summed E-state index contributed by atoms with van der Waals surface area (Å²) in [5.41, 5.74) is 0.240. The maximum Gasteiger partial charge on any atom is 0.176 e. The van der Waals surface area contributed by atoms with Gasteiger partial charge < -0.3 is 0 Å². The lowest BCUT2D eigenvalue weighted by atomic mass is 9.93. The number of rotatable bonds is 3. The molecule has 2 rings (SSSR count). The number of ketones is 1. The van der Waals surface area contributed by atoms with Gasteiger partial charge in [0.15, 0.2) is 17.4 Å². The molecule has 1 aromatic carbocycles. The predicted octanol–water partition coefficient (Wildman–Crippen LogP) is 3.27. The van der Waals surface area contributed by atoms with E-state index >= 15 is 0 Å². The van der Waals surface area contributed by atoms with Crippen LogP contribution in [0.2, 0.25) is 0 Å². The van der Waals surface area contributed by atoms with Crippen LogP contribution in [-0.4, -0.2) is 29.8 Å². The third kappa shape index (κ3) is 3.38. The lowest BCUT2D eigenvalue weighted by molar-refractivity contribution is 0.0816. The third-order valence-corrected chi connectivity index (χ3v) is 3.86. The minimum absolute atomic E-state index is 0.152. The van der Waals surface area contributed by atoms with Crippen LogP contribution in [-0.2, 0) is 0 Å². The Kier molecular flexibility index (Phi) is 4.30. The summed E-state index contributed by atoms with van der Waals surface area (Å²) in [5, 5.41) is 0. The van der Waals surface area contributed by atoms with Crippen LogP contribution in [0.4, 0.5) is 8.78 Å². The molecule has 1 heterocycles. The van der Waals surface area contributed by atoms with Gasteiger partial charge in [-0.2, -0.15) is 0 Å². The Hall–Kier alpha value is -1.29. The number of halogens is 2. The normalized spacial score (nSPS) is 24.4. The summed E-state index contributed by atoms with van der Waals surface area (Å²) in [6, 6.07) is 3.69. The number of likely N-dealkylation sites (tertiary alicyclic amines) is 1. The second-order valence-electron chi connectivity index (χ2n) is 5.50. The Balaban J connectivity index is 2.02. The lowest BCUT2D eigenvalue weighted by Gasteiger charge is -2.35. The van der Waals surface area contributed by atoms with E-state index in [1.165, 1.54) is 6.07 Å². The highest BCUT2D eigenvalue weighted by Gasteiger charge is 2.24. The smallest absolute Gasteiger partial charge is 0.176 e. The largest absolute Gasteiger partial charge is 0.293 e. The van der Waals surface area contributed by atoms with Crippen molar-refractivity contribution in [2.75, 3.05) is 13.1 Å². The summed E-state index contributed by atoms with van der Waals surface area (Å²) in [6.45, 7) is 5.48. The summed E-state index contributed by atoms with van der Waals surface area (Å²) in [4.78, 5) is 14.2. The highest BCUT2D eigenvalue weighted by atomic mass is 19.2. The van der Waals surface area contributed by atoms with E-state index in [0.29, 0.717) is 12.0 Å². The number of nitrogens with zero attached hydrogens (tertiary/aromatic N) is 1. The van der Waals surface area contributed by atoms with Gasteiger partial charge in [-0.1, -0.05) is 6.92 Å². The molecule has 0 aliphatic carbocycles. The maximum atomic E-state index is 13.1. The average molecular weight is 267 g/mol. The van der Waals surface area contributed by atoms with Crippen molar-refractivity contribution in [1.29, 1.82) is 0 Å². The summed E-state index contributed by atoms with van der Waals surface area (Å²) < 4.78 is 25.9. The predicted molar refractivity (Wildman–Crippen MR) is 70.1 cm³/mol. The standard InChI is InChI=1S/C15H19F2NO/c1-10-5-6-18(11(2)7-10)9-15(19)12-3-4-13(16)14(17)8-12/h3-4,8,10-11H,5-7,9H2,1-2H3. The van der Waals surface area contributed by atoms with Crippen molar-refractivity contribution < 1.29 is 13.6 Å². The minimum atomic E-state index is -0.967. The van der Waals surface area contributed by atoms with Gasteiger partial charge in [-0.15, -0.1) is 0 Å². The zero-order valence-electron chi connectivity index (χ0n) is 11.3. The fraction of sp³-hybridized carbons (Fsp3) is 0.533. The first-order chi connectivity index (χ1) is 8.97. The van der Waals surface area contributed by atoms with Gasteiger partial charge in [-0.05, 0) is 50.4 Å². The summed E-state index contributed by atoms with van der Waals surface area (Å²) in [5.74, 6) is -1.35. The van der Waals surface area contributed by atoms with Crippen molar-refractivity contribution in [1.82, 2.24) is 4.90 Å². The van der Waals surface area contributed by atoms with E-state index in [1.54, 1.807) is 0 Å². The number of hydrogen-bond donors (Lipinski definition) is 0. The van der Waals surface area contributed by atoms with E-state index in [0.717, 1.165) is 31.5 Å². The molecule has 2 unspecified atom stereocenters. The maximum absolute atomic E-state index is 13.1. The van der Waals surface area contributed by atoms with E-state index in [1.807, 2.05) is 0 Å². The summed E-state index contributed by atoms with van der Waals surface area (Å²) in [7, 11) is 0. The molecule has 1 aliphatic heterocycles. The van der Waals surface area contributed by atoms with Gasteiger partial charge in [-0.25, -0.2) is 8.78 Å². The van der Waals surface area contributed by atoms with Crippen molar-refractivity contribution in [2.24, 2.45) is 5.92 Å². The Morgan fingerprint density at radius 3 is 2.68 bits per heavy atom. The SMILES string of the molecule is CC1CCN(CC(=O)c2ccc(F)c(F)c2)C(C)C1. The van der Waals surface area contributed by atoms with E-state index in [9.17, 15) is 13.6 Å². The van der Waals surface area contributed by atoms with Crippen molar-refractivity contribution in [3.8, 4) is 0 Å². The molecule has 4 heteroatoms. The lowest BCUT2D eigenvalue weighted by Crippen LogP contribution is -2.43. The van der Waals surface area contributed by atoms with Crippen LogP contribution in [0.5, 0.6) is 0 Å². The summed E-state index contributed by atoms with van der Waals surface area (Å²) in [6.07, 6.45) is 2.15. The van der Waals surface area contributed by atoms with Gasteiger partial charge >= 0.3 is 0 Å². The van der Waals surface area contributed by atoms with Gasteiger partial charge in [0.2, 0.25) is 0 Å². The first kappa shape index (κ1) is 14.1. The molecule has 0 spiro atoms. The second kappa shape index (κ2) is 5.78. The Morgan fingerprint density at radius 1 is 1.32 bits per heavy atom. The minimum Gasteiger partial charge on any atom is -0.293 e. The fourth-order valence-electron chi connectivity index (χ4n) is 2.64. The highest BCUT2D eigenvalue weighted by Crippen LogP contribution is 2.22. The molecule has 2 nitrogen and oxygen atoms in total.